The normalized spacial score (nSPS) is 11.7. The molecule has 1 aromatic heterocycles. The molecule has 0 saturated heterocycles. The molecule has 1 N–H and O–H groups in total. The van der Waals surface area contributed by atoms with Gasteiger partial charge >= 0.3 is 31.3 Å². The Labute approximate surface area is 78.3 Å². The van der Waals surface area contributed by atoms with E-state index in [1.807, 2.05) is 0 Å². The van der Waals surface area contributed by atoms with Gasteiger partial charge in [-0.05, 0) is 0 Å². The third kappa shape index (κ3) is 3.53. The van der Waals surface area contributed by atoms with Crippen LogP contribution in [-0.4, -0.2) is 32.9 Å². The summed E-state index contributed by atoms with van der Waals surface area (Å²) in [7, 11) is -2.86. The molecule has 0 fully saturated rings. The van der Waals surface area contributed by atoms with Crippen molar-refractivity contribution in [3.05, 3.63) is 11.6 Å². The summed E-state index contributed by atoms with van der Waals surface area (Å²) in [5.41, 5.74) is 0. The second kappa shape index (κ2) is 5.09. The largest absolute Gasteiger partial charge is 0.398 e. The van der Waals surface area contributed by atoms with E-state index in [4.69, 9.17) is 4.89 Å². The number of nitrogens with zero attached hydrogens (tertiary/aromatic N) is 1. The van der Waals surface area contributed by atoms with E-state index >= 15 is 0 Å². The molecule has 1 rings (SSSR count). The highest BCUT2D eigenvalue weighted by Gasteiger charge is 1.96. The summed E-state index contributed by atoms with van der Waals surface area (Å²) in [5.74, 6) is 0. The highest BCUT2D eigenvalue weighted by Crippen LogP contribution is 2.23. The minimum Gasteiger partial charge on any atom is -0.398 e. The van der Waals surface area contributed by atoms with Crippen LogP contribution in [0.25, 0.3) is 0 Å². The molecule has 0 radical (unpaired) electrons. The van der Waals surface area contributed by atoms with Crippen LogP contribution in [0.4, 0.5) is 0 Å². The third-order valence-electron chi connectivity index (χ3n) is 0.584. The van der Waals surface area contributed by atoms with Gasteiger partial charge in [-0.25, -0.2) is 9.55 Å². The van der Waals surface area contributed by atoms with Crippen LogP contribution < -0.4 is 4.52 Å². The predicted molar refractivity (Wildman–Crippen MR) is 42.5 cm³/mol. The van der Waals surface area contributed by atoms with Gasteiger partial charge in [-0.2, -0.15) is 0 Å². The fourth-order valence-corrected chi connectivity index (χ4v) is 1.30. The lowest BCUT2D eigenvalue weighted by atomic mass is 11.0. The molecule has 1 aromatic rings. The van der Waals surface area contributed by atoms with Crippen molar-refractivity contribution in [3.63, 3.8) is 0 Å². The molecule has 0 spiro atoms. The van der Waals surface area contributed by atoms with Crippen molar-refractivity contribution in [2.75, 3.05) is 0 Å². The maximum absolute atomic E-state index is 10.00. The molecular weight excluding hydrogens is 185 g/mol. The van der Waals surface area contributed by atoms with Crippen molar-refractivity contribution in [2.45, 2.75) is 0 Å². The van der Waals surface area contributed by atoms with E-state index in [-0.39, 0.29) is 28.2 Å². The Bertz CT molecular complexity index is 204. The summed E-state index contributed by atoms with van der Waals surface area (Å²) in [6.07, 6.45) is 1.50. The van der Waals surface area contributed by atoms with Crippen LogP contribution >= 0.6 is 19.6 Å². The van der Waals surface area contributed by atoms with Crippen molar-refractivity contribution < 1.29 is 14.0 Å². The topological polar surface area (TPSA) is 59.4 Å². The van der Waals surface area contributed by atoms with Gasteiger partial charge in [0.15, 0.2) is 0 Å². The van der Waals surface area contributed by atoms with E-state index in [0.717, 1.165) is 0 Å². The Kier molecular flexibility index (Phi) is 5.29. The molecule has 0 amide bonds. The smallest absolute Gasteiger partial charge is 0.367 e. The zero-order valence-corrected chi connectivity index (χ0v) is 6.09. The Hall–Kier alpha value is 0.386. The summed E-state index contributed by atoms with van der Waals surface area (Å²) < 4.78 is 14.4. The number of aromatic nitrogens is 1. The molecule has 0 bridgehead atoms. The summed E-state index contributed by atoms with van der Waals surface area (Å²) in [4.78, 5) is 11.8. The van der Waals surface area contributed by atoms with Crippen molar-refractivity contribution in [1.82, 2.24) is 4.98 Å². The van der Waals surface area contributed by atoms with E-state index in [2.05, 4.69) is 9.51 Å². The monoisotopic (exact) mass is 191 g/mol. The standard InChI is InChI=1S/C3H4NO3PS.Mg.2H/c5-8(6)7-3-4-1-2-9-3;;;/h1-2,8H,(H,5,6);;;. The van der Waals surface area contributed by atoms with Gasteiger partial charge in [0.1, 0.15) is 0 Å². The SMILES string of the molecule is O=[PH](O)Oc1nccs1.[MgH2]. The van der Waals surface area contributed by atoms with Crippen molar-refractivity contribution in [3.8, 4) is 5.19 Å². The summed E-state index contributed by atoms with van der Waals surface area (Å²) >= 11 is 1.18. The van der Waals surface area contributed by atoms with Gasteiger partial charge in [0.05, 0.1) is 0 Å². The van der Waals surface area contributed by atoms with Crippen molar-refractivity contribution >= 4 is 42.6 Å². The first kappa shape index (κ1) is 10.4. The lowest BCUT2D eigenvalue weighted by Gasteiger charge is -1.91. The first-order valence-corrected chi connectivity index (χ1v) is 4.23. The van der Waals surface area contributed by atoms with Gasteiger partial charge in [-0.1, -0.05) is 11.3 Å². The molecule has 0 saturated carbocycles. The minimum absolute atomic E-state index is 0. The van der Waals surface area contributed by atoms with Gasteiger partial charge in [-0.15, -0.1) is 0 Å². The van der Waals surface area contributed by atoms with Crippen LogP contribution in [0.1, 0.15) is 0 Å². The number of rotatable bonds is 2. The van der Waals surface area contributed by atoms with Crippen molar-refractivity contribution in [2.24, 2.45) is 0 Å². The van der Waals surface area contributed by atoms with Gasteiger partial charge in [-0.3, -0.25) is 0 Å². The van der Waals surface area contributed by atoms with Crippen LogP contribution in [0, 0.1) is 0 Å². The molecule has 0 aliphatic carbocycles. The van der Waals surface area contributed by atoms with E-state index in [1.54, 1.807) is 5.38 Å². The highest BCUT2D eigenvalue weighted by molar-refractivity contribution is 7.33. The summed E-state index contributed by atoms with van der Waals surface area (Å²) in [6.45, 7) is 0. The van der Waals surface area contributed by atoms with Gasteiger partial charge in [0.25, 0.3) is 5.19 Å². The van der Waals surface area contributed by atoms with E-state index in [0.29, 0.717) is 0 Å². The second-order valence-electron chi connectivity index (χ2n) is 1.17. The second-order valence-corrected chi connectivity index (χ2v) is 2.76. The zero-order chi connectivity index (χ0) is 6.69. The fraction of sp³-hybridized carbons (Fsp3) is 0. The molecule has 10 heavy (non-hydrogen) atoms. The Morgan fingerprint density at radius 1 is 1.80 bits per heavy atom. The third-order valence-corrected chi connectivity index (χ3v) is 1.75. The molecule has 1 unspecified atom stereocenters. The van der Waals surface area contributed by atoms with E-state index < -0.39 is 8.25 Å². The average Bonchev–Trinajstić information content (AvgIpc) is 2.15. The lowest BCUT2D eigenvalue weighted by Crippen LogP contribution is -1.75. The first-order valence-electron chi connectivity index (χ1n) is 2.09. The molecule has 0 aliphatic rings. The molecule has 54 valence electrons. The minimum atomic E-state index is -2.86. The number of thiazole rings is 1. The Morgan fingerprint density at radius 2 is 2.50 bits per heavy atom. The molecule has 1 heterocycles. The van der Waals surface area contributed by atoms with E-state index in [1.165, 1.54) is 17.5 Å². The quantitative estimate of drug-likeness (QED) is 0.528. The highest BCUT2D eigenvalue weighted by atomic mass is 32.1. The van der Waals surface area contributed by atoms with Crippen LogP contribution in [0.5, 0.6) is 5.19 Å². The fourth-order valence-electron chi connectivity index (χ4n) is 0.335. The van der Waals surface area contributed by atoms with Crippen LogP contribution in [-0.2, 0) is 4.57 Å². The van der Waals surface area contributed by atoms with Gasteiger partial charge < -0.3 is 9.42 Å². The van der Waals surface area contributed by atoms with Gasteiger partial charge in [0.2, 0.25) is 0 Å². The maximum atomic E-state index is 10.00. The Morgan fingerprint density at radius 3 is 2.90 bits per heavy atom. The number of hydrogen-bond acceptors (Lipinski definition) is 4. The van der Waals surface area contributed by atoms with E-state index in [9.17, 15) is 4.57 Å². The summed E-state index contributed by atoms with van der Waals surface area (Å²) in [6, 6.07) is 0. The molecule has 1 atom stereocenters. The van der Waals surface area contributed by atoms with Crippen LogP contribution in [0.3, 0.4) is 0 Å². The first-order chi connectivity index (χ1) is 4.29. The summed E-state index contributed by atoms with van der Waals surface area (Å²) in [5, 5.41) is 1.90. The molecule has 0 aliphatic heterocycles. The molecular formula is C3H6MgNO3PS. The predicted octanol–water partition coefficient (Wildman–Crippen LogP) is -0.0123. The number of hydrogen-bond donors (Lipinski definition) is 1. The zero-order valence-electron chi connectivity index (χ0n) is 4.27. The maximum Gasteiger partial charge on any atom is 0.367 e. The van der Waals surface area contributed by atoms with Crippen LogP contribution in [0.15, 0.2) is 11.6 Å². The molecule has 0 aromatic carbocycles. The Balaban J connectivity index is 0.000000810. The van der Waals surface area contributed by atoms with Gasteiger partial charge in [0, 0.05) is 11.6 Å². The molecule has 7 heteroatoms. The van der Waals surface area contributed by atoms with Crippen LogP contribution in [0.2, 0.25) is 0 Å². The average molecular weight is 191 g/mol. The van der Waals surface area contributed by atoms with Crippen molar-refractivity contribution in [1.29, 1.82) is 0 Å². The lowest BCUT2D eigenvalue weighted by molar-refractivity contribution is 0.409. The molecule has 4 nitrogen and oxygen atoms in total.